The molecule has 0 unspecified atom stereocenters. The average molecular weight is 530 g/mol. The highest BCUT2D eigenvalue weighted by molar-refractivity contribution is 6.30. The van der Waals surface area contributed by atoms with Gasteiger partial charge in [-0.1, -0.05) is 82.1 Å². The number of hydrogen-bond donors (Lipinski definition) is 3. The molecule has 192 valence electrons. The smallest absolute Gasteiger partial charge is 0.326 e. The van der Waals surface area contributed by atoms with Crippen molar-refractivity contribution in [2.24, 2.45) is 11.3 Å². The highest BCUT2D eigenvalue weighted by Crippen LogP contribution is 2.51. The molecule has 1 saturated heterocycles. The highest BCUT2D eigenvalue weighted by atomic mass is 35.5. The van der Waals surface area contributed by atoms with Crippen LogP contribution in [0.15, 0.2) is 48.5 Å². The Morgan fingerprint density at radius 2 is 1.78 bits per heavy atom. The maximum Gasteiger partial charge on any atom is 0.326 e. The number of halogens is 2. The number of amides is 1. The maximum atomic E-state index is 13.7. The number of carboxylic acid groups (broad SMARTS) is 1. The third kappa shape index (κ3) is 5.70. The van der Waals surface area contributed by atoms with Crippen molar-refractivity contribution in [2.75, 3.05) is 0 Å². The molecule has 0 aromatic heterocycles. The lowest BCUT2D eigenvalue weighted by molar-refractivity contribution is -0.143. The number of aliphatic carboxylic acids is 1. The summed E-state index contributed by atoms with van der Waals surface area (Å²) in [6.07, 6.45) is 0.594. The van der Waals surface area contributed by atoms with Crippen LogP contribution < -0.4 is 10.6 Å². The molecule has 36 heavy (non-hydrogen) atoms. The summed E-state index contributed by atoms with van der Waals surface area (Å²) in [5, 5.41) is 27.8. The molecular formula is C28H33Cl2N3O3. The Morgan fingerprint density at radius 1 is 1.14 bits per heavy atom. The van der Waals surface area contributed by atoms with E-state index < -0.39 is 41.3 Å². The summed E-state index contributed by atoms with van der Waals surface area (Å²) in [5.41, 5.74) is 0.133. The third-order valence-electron chi connectivity index (χ3n) is 6.80. The van der Waals surface area contributed by atoms with Crippen molar-refractivity contribution in [3.63, 3.8) is 0 Å². The molecule has 2 aromatic rings. The molecule has 1 aliphatic heterocycles. The van der Waals surface area contributed by atoms with Gasteiger partial charge in [0.25, 0.3) is 0 Å². The Balaban J connectivity index is 2.24. The number of nitrogens with zero attached hydrogens (tertiary/aromatic N) is 1. The molecule has 1 heterocycles. The van der Waals surface area contributed by atoms with Crippen LogP contribution in [0.1, 0.15) is 58.1 Å². The second kappa shape index (κ2) is 10.8. The minimum atomic E-state index is -1.15. The molecule has 0 saturated carbocycles. The zero-order valence-electron chi connectivity index (χ0n) is 21.2. The van der Waals surface area contributed by atoms with Gasteiger partial charge in [-0.2, -0.15) is 5.26 Å². The van der Waals surface area contributed by atoms with E-state index >= 15 is 0 Å². The molecule has 0 spiro atoms. The Labute approximate surface area is 223 Å². The molecular weight excluding hydrogens is 497 g/mol. The van der Waals surface area contributed by atoms with E-state index in [0.717, 1.165) is 11.1 Å². The molecule has 3 N–H and O–H groups in total. The number of carbonyl (C=O) groups is 2. The number of hydrogen-bond acceptors (Lipinski definition) is 4. The molecule has 0 radical (unpaired) electrons. The van der Waals surface area contributed by atoms with Crippen LogP contribution in [-0.4, -0.2) is 35.1 Å². The molecule has 2 aromatic carbocycles. The molecule has 6 nitrogen and oxygen atoms in total. The van der Waals surface area contributed by atoms with Gasteiger partial charge in [0, 0.05) is 22.0 Å². The van der Waals surface area contributed by atoms with Crippen molar-refractivity contribution in [3.8, 4) is 6.07 Å². The van der Waals surface area contributed by atoms with Gasteiger partial charge in [0.15, 0.2) is 0 Å². The third-order valence-corrected chi connectivity index (χ3v) is 7.29. The normalized spacial score (nSPS) is 24.8. The lowest BCUT2D eigenvalue weighted by Gasteiger charge is -2.37. The van der Waals surface area contributed by atoms with E-state index in [4.69, 9.17) is 23.2 Å². The number of carboxylic acids is 1. The largest absolute Gasteiger partial charge is 0.480 e. The monoisotopic (exact) mass is 529 g/mol. The predicted octanol–water partition coefficient (Wildman–Crippen LogP) is 5.54. The average Bonchev–Trinajstić information content (AvgIpc) is 3.10. The van der Waals surface area contributed by atoms with Gasteiger partial charge in [0.2, 0.25) is 5.91 Å². The second-order valence-electron chi connectivity index (χ2n) is 11.1. The summed E-state index contributed by atoms with van der Waals surface area (Å²) >= 11 is 12.5. The van der Waals surface area contributed by atoms with E-state index in [2.05, 4.69) is 37.5 Å². The van der Waals surface area contributed by atoms with E-state index in [1.54, 1.807) is 44.2 Å². The number of benzene rings is 2. The van der Waals surface area contributed by atoms with E-state index in [0.29, 0.717) is 16.5 Å². The predicted molar refractivity (Wildman–Crippen MR) is 142 cm³/mol. The van der Waals surface area contributed by atoms with Gasteiger partial charge in [-0.05, 0) is 53.1 Å². The van der Waals surface area contributed by atoms with Crippen LogP contribution in [0, 0.1) is 22.7 Å². The van der Waals surface area contributed by atoms with Crippen LogP contribution in [0.2, 0.25) is 10.0 Å². The van der Waals surface area contributed by atoms with E-state index in [1.165, 1.54) is 0 Å². The first-order valence-electron chi connectivity index (χ1n) is 12.0. The van der Waals surface area contributed by atoms with Crippen LogP contribution in [0.5, 0.6) is 0 Å². The summed E-state index contributed by atoms with van der Waals surface area (Å²) in [6.45, 7) is 9.73. The first-order chi connectivity index (χ1) is 16.8. The quantitative estimate of drug-likeness (QED) is 0.436. The van der Waals surface area contributed by atoms with Gasteiger partial charge in [-0.3, -0.25) is 4.79 Å². The number of nitriles is 1. The zero-order chi connectivity index (χ0) is 26.8. The maximum absolute atomic E-state index is 13.7. The number of nitrogens with one attached hydrogen (secondary N) is 2. The Hall–Kier alpha value is -2.59. The molecule has 0 aliphatic carbocycles. The van der Waals surface area contributed by atoms with Crippen LogP contribution in [0.25, 0.3) is 0 Å². The molecule has 0 bridgehead atoms. The summed E-state index contributed by atoms with van der Waals surface area (Å²) in [7, 11) is 0. The SMILES string of the molecule is CC(C)[C@H](NC(=O)[C@@H]1N[C@@H](CC(C)(C)C)[C@](C#N)(c2ccc(Cl)cc2)[C@H]1c1cccc(Cl)c1)C(=O)O. The summed E-state index contributed by atoms with van der Waals surface area (Å²) in [6, 6.07) is 14.6. The lowest BCUT2D eigenvalue weighted by Crippen LogP contribution is -2.52. The van der Waals surface area contributed by atoms with Crippen LogP contribution >= 0.6 is 23.2 Å². The van der Waals surface area contributed by atoms with Gasteiger partial charge in [0.05, 0.1) is 12.1 Å². The summed E-state index contributed by atoms with van der Waals surface area (Å²) in [5.74, 6) is -2.53. The van der Waals surface area contributed by atoms with E-state index in [-0.39, 0.29) is 11.3 Å². The van der Waals surface area contributed by atoms with Gasteiger partial charge >= 0.3 is 5.97 Å². The van der Waals surface area contributed by atoms with Crippen molar-refractivity contribution < 1.29 is 14.7 Å². The Morgan fingerprint density at radius 3 is 2.28 bits per heavy atom. The highest BCUT2D eigenvalue weighted by Gasteiger charge is 2.59. The molecule has 8 heteroatoms. The summed E-state index contributed by atoms with van der Waals surface area (Å²) < 4.78 is 0. The lowest BCUT2D eigenvalue weighted by atomic mass is 9.63. The Kier molecular flexibility index (Phi) is 8.40. The van der Waals surface area contributed by atoms with E-state index in [9.17, 15) is 20.0 Å². The van der Waals surface area contributed by atoms with Crippen LogP contribution in [-0.2, 0) is 15.0 Å². The Bertz CT molecular complexity index is 1150. The van der Waals surface area contributed by atoms with Crippen molar-refractivity contribution in [3.05, 3.63) is 69.7 Å². The van der Waals surface area contributed by atoms with Crippen LogP contribution in [0.4, 0.5) is 0 Å². The zero-order valence-corrected chi connectivity index (χ0v) is 22.7. The first kappa shape index (κ1) is 28.0. The fourth-order valence-electron chi connectivity index (χ4n) is 5.21. The molecule has 5 atom stereocenters. The minimum Gasteiger partial charge on any atom is -0.480 e. The molecule has 3 rings (SSSR count). The van der Waals surface area contributed by atoms with Crippen molar-refractivity contribution >= 4 is 35.1 Å². The number of rotatable bonds is 7. The molecule has 1 aliphatic rings. The fourth-order valence-corrected chi connectivity index (χ4v) is 5.54. The molecule has 1 fully saturated rings. The van der Waals surface area contributed by atoms with E-state index in [1.807, 2.05) is 18.2 Å². The molecule has 1 amide bonds. The van der Waals surface area contributed by atoms with Gasteiger partial charge in [0.1, 0.15) is 11.5 Å². The second-order valence-corrected chi connectivity index (χ2v) is 11.9. The van der Waals surface area contributed by atoms with Crippen molar-refractivity contribution in [1.82, 2.24) is 10.6 Å². The van der Waals surface area contributed by atoms with Gasteiger partial charge < -0.3 is 15.7 Å². The first-order valence-corrected chi connectivity index (χ1v) is 12.8. The summed E-state index contributed by atoms with van der Waals surface area (Å²) in [4.78, 5) is 25.6. The minimum absolute atomic E-state index is 0.169. The van der Waals surface area contributed by atoms with Crippen LogP contribution in [0.3, 0.4) is 0 Å². The fraction of sp³-hybridized carbons (Fsp3) is 0.464. The van der Waals surface area contributed by atoms with Crippen molar-refractivity contribution in [1.29, 1.82) is 5.26 Å². The van der Waals surface area contributed by atoms with Crippen molar-refractivity contribution in [2.45, 2.75) is 70.5 Å². The van der Waals surface area contributed by atoms with Gasteiger partial charge in [-0.25, -0.2) is 4.79 Å². The topological polar surface area (TPSA) is 102 Å². The standard InChI is InChI=1S/C28H33Cl2N3O3/c1-16(2)23(26(35)36)33-25(34)24-22(17-7-6-8-20(30)13-17)28(15-31,18-9-11-19(29)12-10-18)21(32-24)14-27(3,4)5/h6-13,16,21-24,32H,14H2,1-5H3,(H,33,34)(H,35,36)/t21-,22-,23-,24+,28-/m0/s1. The number of carbonyl (C=O) groups excluding carboxylic acids is 1. The van der Waals surface area contributed by atoms with Gasteiger partial charge in [-0.15, -0.1) is 0 Å².